The van der Waals surface area contributed by atoms with Crippen LogP contribution in [-0.4, -0.2) is 21.0 Å². The van der Waals surface area contributed by atoms with E-state index in [4.69, 9.17) is 46.4 Å². The maximum Gasteiger partial charge on any atom is 0.230 e. The fourth-order valence-corrected chi connectivity index (χ4v) is 0.806. The molecule has 0 saturated heterocycles. The predicted molar refractivity (Wildman–Crippen MR) is 57.3 cm³/mol. The van der Waals surface area contributed by atoms with Crippen molar-refractivity contribution in [2.24, 2.45) is 0 Å². The fraction of sp³-hybridized carbons (Fsp3) is 0.429. The first kappa shape index (κ1) is 17.2. The molecule has 4 nitrogen and oxygen atoms in total. The standard InChI is InChI=1S/C4H4Cl2O2.C3H2Cl2O2/c5-3(7)1-2-4(6)8;4-2(6)1-3(5)7/h1-2H2;1H2. The van der Waals surface area contributed by atoms with E-state index in [1.54, 1.807) is 0 Å². The Bertz CT molecular complexity index is 238. The molecule has 0 unspecified atom stereocenters. The summed E-state index contributed by atoms with van der Waals surface area (Å²) < 4.78 is 0. The molecule has 0 aromatic rings. The quantitative estimate of drug-likeness (QED) is 0.576. The van der Waals surface area contributed by atoms with E-state index in [2.05, 4.69) is 0 Å². The molecule has 86 valence electrons. The van der Waals surface area contributed by atoms with Crippen molar-refractivity contribution in [2.75, 3.05) is 0 Å². The highest BCUT2D eigenvalue weighted by Crippen LogP contribution is 1.97. The molecule has 0 N–H and O–H groups in total. The van der Waals surface area contributed by atoms with Gasteiger partial charge in [0.15, 0.2) is 0 Å². The lowest BCUT2D eigenvalue weighted by Gasteiger charge is -1.83. The van der Waals surface area contributed by atoms with Gasteiger partial charge in [0.25, 0.3) is 0 Å². The molecule has 0 fully saturated rings. The molecule has 15 heavy (non-hydrogen) atoms. The predicted octanol–water partition coefficient (Wildman–Crippen LogP) is 2.20. The Balaban J connectivity index is 0. The van der Waals surface area contributed by atoms with E-state index in [-0.39, 0.29) is 19.3 Å². The highest BCUT2D eigenvalue weighted by molar-refractivity contribution is 6.72. The minimum absolute atomic E-state index is 0.0316. The van der Waals surface area contributed by atoms with Crippen LogP contribution in [0.3, 0.4) is 0 Å². The summed E-state index contributed by atoms with van der Waals surface area (Å²) in [5, 5.41) is -2.50. The zero-order chi connectivity index (χ0) is 12.4. The lowest BCUT2D eigenvalue weighted by molar-refractivity contribution is -0.118. The molecular weight excluding hydrogens is 290 g/mol. The first-order chi connectivity index (χ1) is 6.75. The third-order valence-electron chi connectivity index (χ3n) is 0.796. The molecule has 0 aliphatic carbocycles. The SMILES string of the molecule is O=C(Cl)CC(=O)Cl.O=C(Cl)CCC(=O)Cl. The summed E-state index contributed by atoms with van der Waals surface area (Å²) in [7, 11) is 0. The zero-order valence-corrected chi connectivity index (χ0v) is 10.3. The van der Waals surface area contributed by atoms with Crippen molar-refractivity contribution in [1.29, 1.82) is 0 Å². The lowest BCUT2D eigenvalue weighted by Crippen LogP contribution is -1.92. The van der Waals surface area contributed by atoms with E-state index in [0.717, 1.165) is 0 Å². The van der Waals surface area contributed by atoms with Crippen molar-refractivity contribution in [2.45, 2.75) is 19.3 Å². The van der Waals surface area contributed by atoms with E-state index >= 15 is 0 Å². The molecule has 0 amide bonds. The van der Waals surface area contributed by atoms with Crippen LogP contribution in [0.5, 0.6) is 0 Å². The number of carbonyl (C=O) groups excluding carboxylic acids is 4. The Kier molecular flexibility index (Phi) is 11.9. The molecule has 0 saturated carbocycles. The minimum Gasteiger partial charge on any atom is -0.281 e. The minimum atomic E-state index is -0.722. The van der Waals surface area contributed by atoms with Gasteiger partial charge in [0.1, 0.15) is 0 Å². The summed E-state index contributed by atoms with van der Waals surface area (Å²) in [5.41, 5.74) is 0. The molecule has 0 aromatic heterocycles. The van der Waals surface area contributed by atoms with Crippen LogP contribution in [0, 0.1) is 0 Å². The van der Waals surface area contributed by atoms with E-state index in [9.17, 15) is 19.2 Å². The Morgan fingerprint density at radius 3 is 0.933 bits per heavy atom. The maximum atomic E-state index is 9.90. The van der Waals surface area contributed by atoms with Gasteiger partial charge >= 0.3 is 0 Å². The molecule has 0 bridgehead atoms. The first-order valence-electron chi connectivity index (χ1n) is 3.49. The summed E-state index contributed by atoms with van der Waals surface area (Å²) in [4.78, 5) is 39.2. The number of carbonyl (C=O) groups is 4. The first-order valence-corrected chi connectivity index (χ1v) is 5.00. The largest absolute Gasteiger partial charge is 0.281 e. The second kappa shape index (κ2) is 10.4. The van der Waals surface area contributed by atoms with Crippen molar-refractivity contribution in [3.63, 3.8) is 0 Å². The van der Waals surface area contributed by atoms with Crippen molar-refractivity contribution < 1.29 is 19.2 Å². The van der Waals surface area contributed by atoms with Gasteiger partial charge in [-0.1, -0.05) is 0 Å². The van der Waals surface area contributed by atoms with Gasteiger partial charge in [0.05, 0.1) is 6.42 Å². The third kappa shape index (κ3) is 24.8. The Morgan fingerprint density at radius 2 is 0.867 bits per heavy atom. The van der Waals surface area contributed by atoms with E-state index in [0.29, 0.717) is 0 Å². The number of rotatable bonds is 5. The second-order valence-corrected chi connectivity index (χ2v) is 3.78. The van der Waals surface area contributed by atoms with Crippen LogP contribution < -0.4 is 0 Å². The highest BCUT2D eigenvalue weighted by Gasteiger charge is 2.00. The van der Waals surface area contributed by atoms with Gasteiger partial charge in [0, 0.05) is 12.8 Å². The van der Waals surface area contributed by atoms with Crippen molar-refractivity contribution >= 4 is 67.4 Å². The van der Waals surface area contributed by atoms with Gasteiger partial charge in [-0.2, -0.15) is 0 Å². The molecule has 0 atom stereocenters. The number of halogens is 4. The Morgan fingerprint density at radius 1 is 0.600 bits per heavy atom. The van der Waals surface area contributed by atoms with Crippen LogP contribution in [0.4, 0.5) is 0 Å². The fourth-order valence-electron chi connectivity index (χ4n) is 0.306. The average molecular weight is 296 g/mol. The van der Waals surface area contributed by atoms with Gasteiger partial charge in [-0.25, -0.2) is 0 Å². The molecule has 0 aromatic carbocycles. The third-order valence-corrected chi connectivity index (χ3v) is 1.44. The van der Waals surface area contributed by atoms with Crippen molar-refractivity contribution in [3.05, 3.63) is 0 Å². The van der Waals surface area contributed by atoms with Crippen LogP contribution in [-0.2, 0) is 19.2 Å². The molecule has 0 aliphatic rings. The molecular formula is C7H6Cl4O4. The van der Waals surface area contributed by atoms with Crippen LogP contribution in [0.2, 0.25) is 0 Å². The molecule has 0 rings (SSSR count). The van der Waals surface area contributed by atoms with Gasteiger partial charge in [0.2, 0.25) is 21.0 Å². The monoisotopic (exact) mass is 294 g/mol. The smallest absolute Gasteiger partial charge is 0.230 e. The van der Waals surface area contributed by atoms with E-state index in [1.807, 2.05) is 0 Å². The summed E-state index contributed by atoms with van der Waals surface area (Å²) >= 11 is 19.2. The lowest BCUT2D eigenvalue weighted by atomic mass is 10.4. The van der Waals surface area contributed by atoms with Crippen molar-refractivity contribution in [1.82, 2.24) is 0 Å². The number of hydrogen-bond acceptors (Lipinski definition) is 4. The maximum absolute atomic E-state index is 9.90. The summed E-state index contributed by atoms with van der Waals surface area (Å²) in [6.07, 6.45) is -0.323. The Labute approximate surface area is 106 Å². The summed E-state index contributed by atoms with van der Waals surface area (Å²) in [6, 6.07) is 0. The van der Waals surface area contributed by atoms with Crippen LogP contribution in [0.15, 0.2) is 0 Å². The van der Waals surface area contributed by atoms with Gasteiger partial charge in [-0.05, 0) is 46.4 Å². The summed E-state index contributed by atoms with van der Waals surface area (Å²) in [6.45, 7) is 0. The van der Waals surface area contributed by atoms with Crippen molar-refractivity contribution in [3.8, 4) is 0 Å². The molecule has 0 spiro atoms. The second-order valence-electron chi connectivity index (χ2n) is 2.10. The molecule has 0 radical (unpaired) electrons. The summed E-state index contributed by atoms with van der Waals surface area (Å²) in [5.74, 6) is 0. The van der Waals surface area contributed by atoms with Crippen LogP contribution in [0.1, 0.15) is 19.3 Å². The zero-order valence-electron chi connectivity index (χ0n) is 7.27. The van der Waals surface area contributed by atoms with Gasteiger partial charge < -0.3 is 0 Å². The molecule has 0 aliphatic heterocycles. The van der Waals surface area contributed by atoms with Gasteiger partial charge in [-0.3, -0.25) is 19.2 Å². The topological polar surface area (TPSA) is 68.3 Å². The van der Waals surface area contributed by atoms with Crippen LogP contribution in [0.25, 0.3) is 0 Å². The normalized spacial score (nSPS) is 8.53. The average Bonchev–Trinajstić information content (AvgIpc) is 1.99. The van der Waals surface area contributed by atoms with Crippen LogP contribution >= 0.6 is 46.4 Å². The van der Waals surface area contributed by atoms with Gasteiger partial charge in [-0.15, -0.1) is 0 Å². The molecule has 8 heteroatoms. The highest BCUT2D eigenvalue weighted by atomic mass is 35.5. The molecule has 0 heterocycles. The van der Waals surface area contributed by atoms with E-state index in [1.165, 1.54) is 0 Å². The van der Waals surface area contributed by atoms with E-state index < -0.39 is 21.0 Å². The Hall–Kier alpha value is -0.160. The number of hydrogen-bond donors (Lipinski definition) is 0.